The van der Waals surface area contributed by atoms with Gasteiger partial charge in [-0.3, -0.25) is 9.88 Å². The SMILES string of the molecule is COCCCN1C(=O)N(Cc2c(F)cc(S(N)(=O)=O)cc2F)Cc2c1cnc1cc(OC)c(F)cc21. The summed E-state index contributed by atoms with van der Waals surface area (Å²) in [5, 5.41) is 5.39. The zero-order valence-electron chi connectivity index (χ0n) is 19.4. The lowest BCUT2D eigenvalue weighted by molar-refractivity contribution is 0.185. The minimum Gasteiger partial charge on any atom is -0.494 e. The summed E-state index contributed by atoms with van der Waals surface area (Å²) in [6, 6.07) is 3.32. The summed E-state index contributed by atoms with van der Waals surface area (Å²) in [5.41, 5.74) is 0.866. The average Bonchev–Trinajstić information content (AvgIpc) is 2.82. The van der Waals surface area contributed by atoms with Crippen LogP contribution in [-0.4, -0.2) is 51.7 Å². The highest BCUT2D eigenvalue weighted by molar-refractivity contribution is 7.89. The van der Waals surface area contributed by atoms with Gasteiger partial charge in [0.25, 0.3) is 0 Å². The highest BCUT2D eigenvalue weighted by Crippen LogP contribution is 2.36. The minimum atomic E-state index is -4.34. The standard InChI is InChI=1S/C23H23F3N4O5S/c1-34-5-3-4-30-21-10-28-20-9-22(35-2)19(26)8-14(20)15(21)11-29(23(30)31)12-16-17(24)6-13(7-18(16)25)36(27,32)33/h6-10H,3-5,11-12H2,1-2H3,(H2,27,32,33). The second-order valence-corrected chi connectivity index (χ2v) is 9.73. The van der Waals surface area contributed by atoms with Crippen molar-refractivity contribution in [1.29, 1.82) is 0 Å². The number of pyridine rings is 1. The number of anilines is 1. The largest absolute Gasteiger partial charge is 0.494 e. The van der Waals surface area contributed by atoms with Crippen LogP contribution in [0.2, 0.25) is 0 Å². The van der Waals surface area contributed by atoms with Gasteiger partial charge in [-0.25, -0.2) is 31.5 Å². The van der Waals surface area contributed by atoms with Gasteiger partial charge in [0.15, 0.2) is 11.6 Å². The molecule has 9 nitrogen and oxygen atoms in total. The second kappa shape index (κ2) is 9.91. The third-order valence-electron chi connectivity index (χ3n) is 5.89. The normalized spacial score (nSPS) is 13.9. The molecule has 1 aliphatic rings. The van der Waals surface area contributed by atoms with Crippen molar-refractivity contribution >= 4 is 32.6 Å². The van der Waals surface area contributed by atoms with E-state index in [1.165, 1.54) is 42.3 Å². The predicted molar refractivity (Wildman–Crippen MR) is 124 cm³/mol. The second-order valence-electron chi connectivity index (χ2n) is 8.17. The van der Waals surface area contributed by atoms with Gasteiger partial charge in [0.2, 0.25) is 10.0 Å². The molecule has 0 unspecified atom stereocenters. The first kappa shape index (κ1) is 25.7. The number of hydrogen-bond acceptors (Lipinski definition) is 6. The number of carbonyl (C=O) groups is 1. The molecule has 0 aliphatic carbocycles. The number of hydrogen-bond donors (Lipinski definition) is 1. The van der Waals surface area contributed by atoms with Crippen LogP contribution >= 0.6 is 0 Å². The number of sulfonamides is 1. The van der Waals surface area contributed by atoms with Crippen LogP contribution in [-0.2, 0) is 27.8 Å². The van der Waals surface area contributed by atoms with Gasteiger partial charge in [-0.15, -0.1) is 0 Å². The number of halogens is 3. The first-order valence-electron chi connectivity index (χ1n) is 10.8. The zero-order valence-corrected chi connectivity index (χ0v) is 20.2. The van der Waals surface area contributed by atoms with Gasteiger partial charge in [-0.1, -0.05) is 0 Å². The van der Waals surface area contributed by atoms with Crippen LogP contribution in [0.15, 0.2) is 35.4 Å². The Bertz CT molecular complexity index is 1430. The maximum absolute atomic E-state index is 14.8. The van der Waals surface area contributed by atoms with Crippen LogP contribution in [0.25, 0.3) is 10.9 Å². The first-order valence-corrected chi connectivity index (χ1v) is 12.3. The fourth-order valence-corrected chi connectivity index (χ4v) is 4.65. The van der Waals surface area contributed by atoms with Gasteiger partial charge >= 0.3 is 6.03 Å². The first-order chi connectivity index (χ1) is 17.0. The molecular formula is C23H23F3N4O5S. The van der Waals surface area contributed by atoms with E-state index in [4.69, 9.17) is 14.6 Å². The van der Waals surface area contributed by atoms with E-state index in [1.54, 1.807) is 0 Å². The fourth-order valence-electron chi connectivity index (χ4n) is 4.12. The predicted octanol–water partition coefficient (Wildman–Crippen LogP) is 3.29. The molecule has 1 aromatic heterocycles. The lowest BCUT2D eigenvalue weighted by Crippen LogP contribution is -2.47. The molecule has 4 rings (SSSR count). The van der Waals surface area contributed by atoms with Crippen LogP contribution in [0.5, 0.6) is 5.75 Å². The Morgan fingerprint density at radius 2 is 1.78 bits per heavy atom. The summed E-state index contributed by atoms with van der Waals surface area (Å²) in [5.74, 6) is -2.97. The number of nitrogens with two attached hydrogens (primary N) is 1. The Hall–Kier alpha value is -3.42. The number of ether oxygens (including phenoxy) is 2. The van der Waals surface area contributed by atoms with Crippen molar-refractivity contribution in [3.8, 4) is 5.75 Å². The Morgan fingerprint density at radius 1 is 1.08 bits per heavy atom. The number of benzene rings is 2. The summed E-state index contributed by atoms with van der Waals surface area (Å²) in [6.45, 7) is -0.0544. The molecule has 2 N–H and O–H groups in total. The van der Waals surface area contributed by atoms with Crippen molar-refractivity contribution in [2.24, 2.45) is 5.14 Å². The van der Waals surface area contributed by atoms with Gasteiger partial charge < -0.3 is 14.4 Å². The molecule has 0 bridgehead atoms. The van der Waals surface area contributed by atoms with E-state index in [1.807, 2.05) is 0 Å². The number of nitrogens with zero attached hydrogens (tertiary/aromatic N) is 3. The number of methoxy groups -OCH3 is 2. The van der Waals surface area contributed by atoms with Crippen molar-refractivity contribution in [3.05, 3.63) is 59.0 Å². The highest BCUT2D eigenvalue weighted by atomic mass is 32.2. The number of aromatic nitrogens is 1. The van der Waals surface area contributed by atoms with Crippen molar-refractivity contribution in [2.75, 3.05) is 32.3 Å². The topological polar surface area (TPSA) is 115 Å². The number of fused-ring (bicyclic) bond motifs is 3. The van der Waals surface area contributed by atoms with E-state index in [2.05, 4.69) is 4.98 Å². The minimum absolute atomic E-state index is 0.00488. The lowest BCUT2D eigenvalue weighted by atomic mass is 10.0. The Kier molecular flexibility index (Phi) is 7.07. The van der Waals surface area contributed by atoms with E-state index in [-0.39, 0.29) is 18.8 Å². The van der Waals surface area contributed by atoms with Crippen molar-refractivity contribution in [3.63, 3.8) is 0 Å². The van der Waals surface area contributed by atoms with Crippen LogP contribution in [0.1, 0.15) is 17.5 Å². The Morgan fingerprint density at radius 3 is 2.39 bits per heavy atom. The quantitative estimate of drug-likeness (QED) is 0.453. The van der Waals surface area contributed by atoms with Crippen molar-refractivity contribution < 1.29 is 35.9 Å². The molecule has 192 valence electrons. The molecule has 2 aromatic carbocycles. The van der Waals surface area contributed by atoms with E-state index >= 15 is 0 Å². The number of urea groups is 1. The van der Waals surface area contributed by atoms with Crippen molar-refractivity contribution in [2.45, 2.75) is 24.4 Å². The lowest BCUT2D eigenvalue weighted by Gasteiger charge is -2.37. The zero-order chi connectivity index (χ0) is 26.2. The average molecular weight is 525 g/mol. The third-order valence-corrected chi connectivity index (χ3v) is 6.79. The van der Waals surface area contributed by atoms with Gasteiger partial charge in [-0.2, -0.15) is 0 Å². The van der Waals surface area contributed by atoms with Gasteiger partial charge in [0.1, 0.15) is 11.6 Å². The summed E-state index contributed by atoms with van der Waals surface area (Å²) in [6.07, 6.45) is 1.94. The molecule has 3 aromatic rings. The van der Waals surface area contributed by atoms with Crippen LogP contribution in [0, 0.1) is 17.5 Å². The van der Waals surface area contributed by atoms with Gasteiger partial charge in [-0.05, 0) is 24.6 Å². The van der Waals surface area contributed by atoms with Crippen molar-refractivity contribution in [1.82, 2.24) is 9.88 Å². The maximum Gasteiger partial charge on any atom is 0.325 e. The smallest absolute Gasteiger partial charge is 0.325 e. The molecule has 0 saturated heterocycles. The Labute approximate surface area is 205 Å². The summed E-state index contributed by atoms with van der Waals surface area (Å²) in [7, 11) is -1.50. The summed E-state index contributed by atoms with van der Waals surface area (Å²) in [4.78, 5) is 19.6. The van der Waals surface area contributed by atoms with Gasteiger partial charge in [0.05, 0.1) is 42.5 Å². The monoisotopic (exact) mass is 524 g/mol. The summed E-state index contributed by atoms with van der Waals surface area (Å²) < 4.78 is 77.2. The van der Waals surface area contributed by atoms with E-state index in [9.17, 15) is 26.4 Å². The maximum atomic E-state index is 14.8. The van der Waals surface area contributed by atoms with Crippen LogP contribution in [0.3, 0.4) is 0 Å². The van der Waals surface area contributed by atoms with E-state index in [0.29, 0.717) is 47.3 Å². The molecule has 0 fully saturated rings. The number of amides is 2. The molecule has 0 radical (unpaired) electrons. The molecule has 36 heavy (non-hydrogen) atoms. The molecular weight excluding hydrogens is 501 g/mol. The molecule has 2 amide bonds. The molecule has 13 heteroatoms. The fraction of sp³-hybridized carbons (Fsp3) is 0.304. The highest BCUT2D eigenvalue weighted by Gasteiger charge is 2.33. The summed E-state index contributed by atoms with van der Waals surface area (Å²) >= 11 is 0. The Balaban J connectivity index is 1.79. The number of rotatable bonds is 8. The molecule has 2 heterocycles. The molecule has 0 spiro atoms. The third kappa shape index (κ3) is 4.81. The molecule has 0 saturated carbocycles. The number of carbonyl (C=O) groups excluding carboxylic acids is 1. The van der Waals surface area contributed by atoms with E-state index < -0.39 is 50.5 Å². The van der Waals surface area contributed by atoms with Crippen LogP contribution in [0.4, 0.5) is 23.7 Å². The number of primary sulfonamides is 1. The van der Waals surface area contributed by atoms with E-state index in [0.717, 1.165) is 0 Å². The van der Waals surface area contributed by atoms with Gasteiger partial charge in [0, 0.05) is 42.8 Å². The van der Waals surface area contributed by atoms with Crippen LogP contribution < -0.4 is 14.8 Å². The molecule has 1 aliphatic heterocycles. The molecule has 0 atom stereocenters.